The third-order valence-electron chi connectivity index (χ3n) is 2.47. The van der Waals surface area contributed by atoms with Crippen LogP contribution in [0.25, 0.3) is 0 Å². The number of benzene rings is 1. The third-order valence-corrected chi connectivity index (χ3v) is 2.47. The van der Waals surface area contributed by atoms with E-state index in [1.807, 2.05) is 6.07 Å². The van der Waals surface area contributed by atoms with Crippen molar-refractivity contribution >= 4 is 6.09 Å². The summed E-state index contributed by atoms with van der Waals surface area (Å²) in [7, 11) is 0. The first-order valence-electron chi connectivity index (χ1n) is 6.41. The van der Waals surface area contributed by atoms with E-state index in [4.69, 9.17) is 15.3 Å². The van der Waals surface area contributed by atoms with Crippen molar-refractivity contribution in [3.8, 4) is 5.75 Å². The van der Waals surface area contributed by atoms with Crippen LogP contribution in [-0.2, 0) is 9.57 Å². The van der Waals surface area contributed by atoms with Crippen LogP contribution in [0, 0.1) is 0 Å². The van der Waals surface area contributed by atoms with Crippen LogP contribution in [0.3, 0.4) is 0 Å². The minimum atomic E-state index is -0.649. The van der Waals surface area contributed by atoms with Crippen LogP contribution >= 0.6 is 0 Å². The molecule has 1 aromatic rings. The minimum absolute atomic E-state index is 0.128. The van der Waals surface area contributed by atoms with E-state index in [2.05, 4.69) is 5.48 Å². The molecule has 0 bridgehead atoms. The van der Waals surface area contributed by atoms with E-state index < -0.39 is 11.7 Å². The van der Waals surface area contributed by atoms with Crippen molar-refractivity contribution in [3.05, 3.63) is 29.8 Å². The van der Waals surface area contributed by atoms with Crippen molar-refractivity contribution in [2.45, 2.75) is 32.3 Å². The van der Waals surface area contributed by atoms with Gasteiger partial charge in [-0.1, -0.05) is 12.1 Å². The number of phenols is 1. The number of carbonyl (C=O) groups is 1. The number of nitrogens with two attached hydrogens (primary N) is 1. The number of amides is 1. The maximum absolute atomic E-state index is 11.4. The Bertz CT molecular complexity index is 443. The van der Waals surface area contributed by atoms with Gasteiger partial charge in [-0.25, -0.2) is 4.79 Å². The number of hydrogen-bond donors (Lipinski definition) is 3. The van der Waals surface area contributed by atoms with Gasteiger partial charge >= 0.3 is 6.09 Å². The Labute approximate surface area is 118 Å². The minimum Gasteiger partial charge on any atom is -0.508 e. The maximum Gasteiger partial charge on any atom is 0.431 e. The number of carbonyl (C=O) groups excluding carboxylic acids is 1. The van der Waals surface area contributed by atoms with Crippen molar-refractivity contribution in [1.29, 1.82) is 0 Å². The van der Waals surface area contributed by atoms with Crippen LogP contribution in [0.15, 0.2) is 24.3 Å². The first-order valence-corrected chi connectivity index (χ1v) is 6.41. The fraction of sp³-hybridized carbons (Fsp3) is 0.500. The van der Waals surface area contributed by atoms with Gasteiger partial charge in [-0.05, 0) is 38.5 Å². The molecule has 6 nitrogen and oxygen atoms in total. The molecule has 0 heterocycles. The van der Waals surface area contributed by atoms with E-state index in [-0.39, 0.29) is 18.3 Å². The van der Waals surface area contributed by atoms with Gasteiger partial charge in [-0.15, -0.1) is 0 Å². The summed E-state index contributed by atoms with van der Waals surface area (Å²) >= 11 is 0. The van der Waals surface area contributed by atoms with Crippen molar-refractivity contribution < 1.29 is 19.5 Å². The maximum atomic E-state index is 11.4. The fourth-order valence-corrected chi connectivity index (χ4v) is 1.58. The van der Waals surface area contributed by atoms with Crippen molar-refractivity contribution in [3.63, 3.8) is 0 Å². The van der Waals surface area contributed by atoms with Crippen molar-refractivity contribution in [2.75, 3.05) is 13.2 Å². The predicted octanol–water partition coefficient (Wildman–Crippen LogP) is 1.89. The first-order chi connectivity index (χ1) is 9.31. The third kappa shape index (κ3) is 5.90. The molecule has 0 aliphatic carbocycles. The SMILES string of the molecule is CC(C)(C)OC(=O)NOCC(CN)c1cccc(O)c1. The van der Waals surface area contributed by atoms with E-state index in [0.717, 1.165) is 5.56 Å². The highest BCUT2D eigenvalue weighted by atomic mass is 16.7. The van der Waals surface area contributed by atoms with Gasteiger partial charge in [0, 0.05) is 12.5 Å². The second-order valence-corrected chi connectivity index (χ2v) is 5.44. The largest absolute Gasteiger partial charge is 0.508 e. The van der Waals surface area contributed by atoms with Gasteiger partial charge in [0.25, 0.3) is 0 Å². The average Bonchev–Trinajstić information content (AvgIpc) is 2.32. The van der Waals surface area contributed by atoms with Crippen LogP contribution in [0.4, 0.5) is 4.79 Å². The summed E-state index contributed by atoms with van der Waals surface area (Å²) in [6, 6.07) is 6.77. The van der Waals surface area contributed by atoms with E-state index in [1.54, 1.807) is 39.0 Å². The standard InChI is InChI=1S/C14H22N2O4/c1-14(2,3)20-13(18)16-19-9-11(8-15)10-5-4-6-12(17)7-10/h4-7,11,17H,8-9,15H2,1-3H3,(H,16,18). The highest BCUT2D eigenvalue weighted by molar-refractivity contribution is 5.66. The highest BCUT2D eigenvalue weighted by Gasteiger charge is 2.17. The molecule has 0 saturated heterocycles. The van der Waals surface area contributed by atoms with Gasteiger partial charge in [-0.2, -0.15) is 5.48 Å². The average molecular weight is 282 g/mol. The Morgan fingerprint density at radius 1 is 1.45 bits per heavy atom. The molecule has 4 N–H and O–H groups in total. The lowest BCUT2D eigenvalue weighted by molar-refractivity contribution is -0.0111. The van der Waals surface area contributed by atoms with Crippen LogP contribution < -0.4 is 11.2 Å². The Morgan fingerprint density at radius 3 is 2.70 bits per heavy atom. The van der Waals surface area contributed by atoms with Crippen LogP contribution in [0.1, 0.15) is 32.3 Å². The smallest absolute Gasteiger partial charge is 0.431 e. The number of hydrogen-bond acceptors (Lipinski definition) is 5. The number of hydroxylamine groups is 1. The van der Waals surface area contributed by atoms with Crippen LogP contribution in [-0.4, -0.2) is 30.0 Å². The summed E-state index contributed by atoms with van der Waals surface area (Å²) in [5, 5.41) is 9.43. The molecule has 20 heavy (non-hydrogen) atoms. The number of rotatable bonds is 5. The van der Waals surface area contributed by atoms with Crippen molar-refractivity contribution in [2.24, 2.45) is 5.73 Å². The summed E-state index contributed by atoms with van der Waals surface area (Å²) < 4.78 is 5.03. The quantitative estimate of drug-likeness (QED) is 0.717. The van der Waals surface area contributed by atoms with Gasteiger partial charge < -0.3 is 15.6 Å². The molecule has 0 fully saturated rings. The lowest BCUT2D eigenvalue weighted by Gasteiger charge is -2.20. The first kappa shape index (κ1) is 16.3. The molecule has 112 valence electrons. The molecule has 0 spiro atoms. The normalized spacial score (nSPS) is 12.8. The molecule has 1 atom stereocenters. The summed E-state index contributed by atoms with van der Waals surface area (Å²) in [6.45, 7) is 5.82. The molecule has 0 radical (unpaired) electrons. The molecule has 1 amide bonds. The van der Waals surface area contributed by atoms with Crippen molar-refractivity contribution in [1.82, 2.24) is 5.48 Å². The summed E-state index contributed by atoms with van der Waals surface area (Å²) in [6.07, 6.45) is -0.649. The Balaban J connectivity index is 2.45. The zero-order valence-electron chi connectivity index (χ0n) is 12.1. The van der Waals surface area contributed by atoms with Crippen LogP contribution in [0.2, 0.25) is 0 Å². The zero-order valence-corrected chi connectivity index (χ0v) is 12.1. The topological polar surface area (TPSA) is 93.8 Å². The molecular formula is C14H22N2O4. The number of ether oxygens (including phenoxy) is 1. The summed E-state index contributed by atoms with van der Waals surface area (Å²) in [5.74, 6) is 0.0399. The summed E-state index contributed by atoms with van der Waals surface area (Å²) in [5.41, 5.74) is 8.15. The Hall–Kier alpha value is -1.79. The van der Waals surface area contributed by atoms with Gasteiger partial charge in [0.05, 0.1) is 6.61 Å². The lowest BCUT2D eigenvalue weighted by atomic mass is 10.0. The molecule has 1 aromatic carbocycles. The summed E-state index contributed by atoms with van der Waals surface area (Å²) in [4.78, 5) is 16.5. The number of phenolic OH excluding ortho intramolecular Hbond substituents is 1. The second kappa shape index (κ2) is 7.12. The second-order valence-electron chi connectivity index (χ2n) is 5.44. The molecule has 1 unspecified atom stereocenters. The number of aromatic hydroxyl groups is 1. The zero-order chi connectivity index (χ0) is 15.2. The molecule has 0 aliphatic rings. The van der Waals surface area contributed by atoms with Crippen LogP contribution in [0.5, 0.6) is 5.75 Å². The molecule has 1 rings (SSSR count). The molecule has 0 aliphatic heterocycles. The Kier molecular flexibility index (Phi) is 5.79. The van der Waals surface area contributed by atoms with Gasteiger partial charge in [-0.3, -0.25) is 4.84 Å². The van der Waals surface area contributed by atoms with Gasteiger partial charge in [0.2, 0.25) is 0 Å². The van der Waals surface area contributed by atoms with E-state index >= 15 is 0 Å². The monoisotopic (exact) mass is 282 g/mol. The molecule has 6 heteroatoms. The lowest BCUT2D eigenvalue weighted by Crippen LogP contribution is -2.34. The van der Waals surface area contributed by atoms with E-state index in [0.29, 0.717) is 6.54 Å². The molecular weight excluding hydrogens is 260 g/mol. The number of nitrogens with one attached hydrogen (secondary N) is 1. The molecule has 0 aromatic heterocycles. The van der Waals surface area contributed by atoms with E-state index in [1.165, 1.54) is 0 Å². The van der Waals surface area contributed by atoms with Gasteiger partial charge in [0.1, 0.15) is 11.4 Å². The predicted molar refractivity (Wildman–Crippen MR) is 75.2 cm³/mol. The van der Waals surface area contributed by atoms with E-state index in [9.17, 15) is 9.90 Å². The fourth-order valence-electron chi connectivity index (χ4n) is 1.58. The highest BCUT2D eigenvalue weighted by Crippen LogP contribution is 2.19. The molecule has 0 saturated carbocycles. The Morgan fingerprint density at radius 2 is 2.15 bits per heavy atom. The van der Waals surface area contributed by atoms with Gasteiger partial charge in [0.15, 0.2) is 0 Å².